The molecule has 0 aliphatic heterocycles. The molecule has 1 amide bonds. The van der Waals surface area contributed by atoms with Crippen LogP contribution in [0.25, 0.3) is 0 Å². The number of nitrogens with zero attached hydrogens (tertiary/aromatic N) is 2. The minimum atomic E-state index is -0.831. The van der Waals surface area contributed by atoms with Gasteiger partial charge < -0.3 is 14.4 Å². The van der Waals surface area contributed by atoms with Crippen molar-refractivity contribution in [2.24, 2.45) is 5.41 Å². The summed E-state index contributed by atoms with van der Waals surface area (Å²) in [7, 11) is 0. The number of carbonyl (C=O) groups excluding carboxylic acids is 1. The van der Waals surface area contributed by atoms with Crippen LogP contribution >= 0.6 is 0 Å². The summed E-state index contributed by atoms with van der Waals surface area (Å²) in [4.78, 5) is 15.0. The second-order valence-corrected chi connectivity index (χ2v) is 7.19. The first-order valence-electron chi connectivity index (χ1n) is 10.2. The van der Waals surface area contributed by atoms with E-state index in [0.29, 0.717) is 44.9 Å². The lowest BCUT2D eigenvalue weighted by molar-refractivity contribution is -0.139. The zero-order valence-corrected chi connectivity index (χ0v) is 16.9. The Labute approximate surface area is 163 Å². The van der Waals surface area contributed by atoms with E-state index in [9.17, 15) is 10.1 Å². The quantitative estimate of drug-likeness (QED) is 0.597. The zero-order valence-electron chi connectivity index (χ0n) is 16.9. The Morgan fingerprint density at radius 3 is 2.48 bits per heavy atom. The van der Waals surface area contributed by atoms with Crippen molar-refractivity contribution in [3.63, 3.8) is 0 Å². The number of carbonyl (C=O) groups is 1. The van der Waals surface area contributed by atoms with E-state index in [0.717, 1.165) is 37.0 Å². The number of hydrogen-bond acceptors (Lipinski definition) is 4. The average molecular weight is 373 g/mol. The lowest BCUT2D eigenvalue weighted by Gasteiger charge is -2.30. The van der Waals surface area contributed by atoms with Gasteiger partial charge in [-0.2, -0.15) is 5.26 Å². The van der Waals surface area contributed by atoms with Crippen molar-refractivity contribution in [2.75, 3.05) is 19.8 Å². The molecule has 1 aromatic carbocycles. The van der Waals surface area contributed by atoms with Gasteiger partial charge in [-0.05, 0) is 50.3 Å². The standard InChI is InChI=1S/C22H32N2O3/c1-4-13-24(21(25)22(17-23)11-7-8-12-22)16-18-9-10-19(27-14-5-2)20(15-18)26-6-3/h9-10,15H,4-8,11-14,16H2,1-3H3. The van der Waals surface area contributed by atoms with Crippen molar-refractivity contribution in [1.82, 2.24) is 4.90 Å². The van der Waals surface area contributed by atoms with Gasteiger partial charge in [-0.15, -0.1) is 0 Å². The average Bonchev–Trinajstić information content (AvgIpc) is 3.17. The second kappa shape index (κ2) is 10.2. The highest BCUT2D eigenvalue weighted by Gasteiger charge is 2.43. The Morgan fingerprint density at radius 2 is 1.89 bits per heavy atom. The first-order chi connectivity index (χ1) is 13.1. The topological polar surface area (TPSA) is 62.6 Å². The van der Waals surface area contributed by atoms with Crippen LogP contribution in [0.3, 0.4) is 0 Å². The summed E-state index contributed by atoms with van der Waals surface area (Å²) in [6.45, 7) is 8.41. The summed E-state index contributed by atoms with van der Waals surface area (Å²) < 4.78 is 11.5. The predicted octanol–water partition coefficient (Wildman–Crippen LogP) is 4.70. The van der Waals surface area contributed by atoms with E-state index >= 15 is 0 Å². The molecule has 1 aliphatic rings. The number of ether oxygens (including phenoxy) is 2. The molecule has 27 heavy (non-hydrogen) atoms. The minimum Gasteiger partial charge on any atom is -0.490 e. The maximum Gasteiger partial charge on any atom is 0.243 e. The number of amides is 1. The molecule has 0 spiro atoms. The van der Waals surface area contributed by atoms with Crippen LogP contribution in [-0.4, -0.2) is 30.6 Å². The molecule has 1 aliphatic carbocycles. The van der Waals surface area contributed by atoms with Crippen LogP contribution < -0.4 is 9.47 Å². The Hall–Kier alpha value is -2.22. The number of hydrogen-bond donors (Lipinski definition) is 0. The fourth-order valence-corrected chi connectivity index (χ4v) is 3.65. The smallest absolute Gasteiger partial charge is 0.243 e. The van der Waals surface area contributed by atoms with Gasteiger partial charge in [-0.25, -0.2) is 0 Å². The molecule has 0 radical (unpaired) electrons. The van der Waals surface area contributed by atoms with Crippen molar-refractivity contribution < 1.29 is 14.3 Å². The molecule has 148 valence electrons. The van der Waals surface area contributed by atoms with E-state index in [1.54, 1.807) is 0 Å². The second-order valence-electron chi connectivity index (χ2n) is 7.19. The Morgan fingerprint density at radius 1 is 1.15 bits per heavy atom. The summed E-state index contributed by atoms with van der Waals surface area (Å²) in [6, 6.07) is 8.19. The van der Waals surface area contributed by atoms with Crippen LogP contribution in [0.5, 0.6) is 11.5 Å². The van der Waals surface area contributed by atoms with Crippen molar-refractivity contribution in [2.45, 2.75) is 65.8 Å². The first kappa shape index (κ1) is 21.1. The van der Waals surface area contributed by atoms with E-state index in [4.69, 9.17) is 9.47 Å². The van der Waals surface area contributed by atoms with Crippen LogP contribution in [-0.2, 0) is 11.3 Å². The lowest BCUT2D eigenvalue weighted by atomic mass is 9.86. The van der Waals surface area contributed by atoms with E-state index in [-0.39, 0.29) is 5.91 Å². The maximum absolute atomic E-state index is 13.2. The third-order valence-corrected chi connectivity index (χ3v) is 5.00. The zero-order chi connectivity index (χ0) is 19.7. The highest BCUT2D eigenvalue weighted by molar-refractivity contribution is 5.85. The van der Waals surface area contributed by atoms with Crippen LogP contribution in [0.2, 0.25) is 0 Å². The molecule has 1 aromatic rings. The highest BCUT2D eigenvalue weighted by Crippen LogP contribution is 2.39. The molecule has 1 saturated carbocycles. The van der Waals surface area contributed by atoms with Gasteiger partial charge in [0.15, 0.2) is 11.5 Å². The fourth-order valence-electron chi connectivity index (χ4n) is 3.65. The van der Waals surface area contributed by atoms with Gasteiger partial charge in [-0.1, -0.05) is 32.8 Å². The Bertz CT molecular complexity index is 660. The monoisotopic (exact) mass is 372 g/mol. The van der Waals surface area contributed by atoms with Crippen molar-refractivity contribution >= 4 is 5.91 Å². The normalized spacial score (nSPS) is 15.2. The maximum atomic E-state index is 13.2. The van der Waals surface area contributed by atoms with Crippen molar-refractivity contribution in [3.8, 4) is 17.6 Å². The van der Waals surface area contributed by atoms with Gasteiger partial charge in [0.25, 0.3) is 0 Å². The predicted molar refractivity (Wildman–Crippen MR) is 106 cm³/mol. The Kier molecular flexibility index (Phi) is 7.97. The van der Waals surface area contributed by atoms with Crippen molar-refractivity contribution in [3.05, 3.63) is 23.8 Å². The van der Waals surface area contributed by atoms with Gasteiger partial charge in [-0.3, -0.25) is 4.79 Å². The number of benzene rings is 1. The summed E-state index contributed by atoms with van der Waals surface area (Å²) in [5.74, 6) is 1.43. The van der Waals surface area contributed by atoms with Crippen LogP contribution in [0.4, 0.5) is 0 Å². The molecule has 1 fully saturated rings. The number of rotatable bonds is 10. The first-order valence-corrected chi connectivity index (χ1v) is 10.2. The molecule has 0 unspecified atom stereocenters. The molecule has 0 atom stereocenters. The molecule has 0 N–H and O–H groups in total. The van der Waals surface area contributed by atoms with Crippen LogP contribution in [0, 0.1) is 16.7 Å². The van der Waals surface area contributed by atoms with E-state index in [1.807, 2.05) is 30.0 Å². The lowest BCUT2D eigenvalue weighted by Crippen LogP contribution is -2.42. The van der Waals surface area contributed by atoms with E-state index < -0.39 is 5.41 Å². The van der Waals surface area contributed by atoms with Gasteiger partial charge in [0.05, 0.1) is 19.3 Å². The van der Waals surface area contributed by atoms with Crippen molar-refractivity contribution in [1.29, 1.82) is 5.26 Å². The molecular weight excluding hydrogens is 340 g/mol. The molecule has 5 heteroatoms. The minimum absolute atomic E-state index is 0.0198. The van der Waals surface area contributed by atoms with Crippen LogP contribution in [0.1, 0.15) is 64.9 Å². The molecule has 0 bridgehead atoms. The summed E-state index contributed by atoms with van der Waals surface area (Å²) in [5, 5.41) is 9.67. The molecular formula is C22H32N2O3. The molecule has 0 saturated heterocycles. The molecule has 5 nitrogen and oxygen atoms in total. The fraction of sp³-hybridized carbons (Fsp3) is 0.636. The molecule has 2 rings (SSSR count). The van der Waals surface area contributed by atoms with Gasteiger partial charge in [0, 0.05) is 13.1 Å². The highest BCUT2D eigenvalue weighted by atomic mass is 16.5. The van der Waals surface area contributed by atoms with Crippen LogP contribution in [0.15, 0.2) is 18.2 Å². The summed E-state index contributed by atoms with van der Waals surface area (Å²) in [5.41, 5.74) is 0.164. The van der Waals surface area contributed by atoms with E-state index in [1.165, 1.54) is 0 Å². The van der Waals surface area contributed by atoms with Gasteiger partial charge in [0.2, 0.25) is 5.91 Å². The molecule has 0 heterocycles. The van der Waals surface area contributed by atoms with E-state index in [2.05, 4.69) is 19.9 Å². The Balaban J connectivity index is 2.21. The summed E-state index contributed by atoms with van der Waals surface area (Å²) >= 11 is 0. The van der Waals surface area contributed by atoms with Gasteiger partial charge in [0.1, 0.15) is 5.41 Å². The summed E-state index contributed by atoms with van der Waals surface area (Å²) in [6.07, 6.45) is 5.06. The third-order valence-electron chi connectivity index (χ3n) is 5.00. The SMILES string of the molecule is CCCOc1ccc(CN(CCC)C(=O)C2(C#N)CCCC2)cc1OCC. The third kappa shape index (κ3) is 5.15. The molecule has 0 aromatic heterocycles. The number of nitriles is 1. The largest absolute Gasteiger partial charge is 0.490 e. The van der Waals surface area contributed by atoms with Gasteiger partial charge >= 0.3 is 0 Å².